The van der Waals surface area contributed by atoms with E-state index in [0.717, 1.165) is 30.3 Å². The smallest absolute Gasteiger partial charge is 0.296 e. The summed E-state index contributed by atoms with van der Waals surface area (Å²) in [5.41, 5.74) is 6.44. The van der Waals surface area contributed by atoms with Crippen LogP contribution in [-0.2, 0) is 45.9 Å². The monoisotopic (exact) mass is 855 g/mol. The molecular weight excluding hydrogens is 826 g/mol. The molecule has 0 aliphatic carbocycles. The van der Waals surface area contributed by atoms with Crippen molar-refractivity contribution in [2.75, 3.05) is 28.0 Å². The molecule has 292 valence electrons. The van der Waals surface area contributed by atoms with Gasteiger partial charge < -0.3 is 21.5 Å². The van der Waals surface area contributed by atoms with E-state index in [-0.39, 0.29) is 56.3 Å². The molecule has 0 spiro atoms. The third-order valence-electron chi connectivity index (χ3n) is 7.39. The van der Waals surface area contributed by atoms with Gasteiger partial charge in [-0.1, -0.05) is 30.3 Å². The number of fused-ring (bicyclic) bond motifs is 1. The highest BCUT2D eigenvalue weighted by Gasteiger charge is 2.21. The van der Waals surface area contributed by atoms with Gasteiger partial charge in [0.1, 0.15) is 10.6 Å². The summed E-state index contributed by atoms with van der Waals surface area (Å²) in [5, 5.41) is 15.0. The van der Waals surface area contributed by atoms with Crippen molar-refractivity contribution in [3.8, 4) is 5.75 Å². The molecule has 0 aliphatic rings. The van der Waals surface area contributed by atoms with Crippen LogP contribution in [0.3, 0.4) is 0 Å². The van der Waals surface area contributed by atoms with Crippen LogP contribution in [0.2, 0.25) is 0 Å². The lowest BCUT2D eigenvalue weighted by molar-refractivity contribution is 0.101. The van der Waals surface area contributed by atoms with Crippen molar-refractivity contribution in [1.82, 2.24) is 0 Å². The van der Waals surface area contributed by atoms with Crippen LogP contribution in [0, 0.1) is 0 Å². The van der Waals surface area contributed by atoms with E-state index in [1.54, 1.807) is 18.2 Å². The summed E-state index contributed by atoms with van der Waals surface area (Å²) < 4.78 is 119. The molecule has 0 fully saturated rings. The number of carbonyl (C=O) groups is 2. The van der Waals surface area contributed by atoms with Gasteiger partial charge in [0, 0.05) is 34.1 Å². The highest BCUT2D eigenvalue weighted by Crippen LogP contribution is 2.37. The Labute approximate surface area is 319 Å². The number of nitrogen functional groups attached to an aromatic ring is 1. The molecule has 17 nitrogen and oxygen atoms in total. The lowest BCUT2D eigenvalue weighted by Gasteiger charge is -2.13. The zero-order valence-electron chi connectivity index (χ0n) is 27.8. The minimum atomic E-state index is -4.72. The second kappa shape index (κ2) is 16.7. The van der Waals surface area contributed by atoms with Crippen molar-refractivity contribution in [1.29, 1.82) is 0 Å². The van der Waals surface area contributed by atoms with Crippen LogP contribution >= 0.6 is 11.6 Å². The van der Waals surface area contributed by atoms with E-state index in [2.05, 4.69) is 10.6 Å². The first-order chi connectivity index (χ1) is 25.5. The van der Waals surface area contributed by atoms with Crippen molar-refractivity contribution >= 4 is 91.4 Å². The maximum Gasteiger partial charge on any atom is 0.296 e. The van der Waals surface area contributed by atoms with E-state index in [0.29, 0.717) is 5.56 Å². The fraction of sp³-hybridized carbons (Fsp3) is 0.0909. The van der Waals surface area contributed by atoms with Gasteiger partial charge in [-0.15, -0.1) is 11.6 Å². The number of amides is 2. The molecule has 0 saturated heterocycles. The minimum absolute atomic E-state index is 0.0162. The molecule has 8 N–H and O–H groups in total. The summed E-state index contributed by atoms with van der Waals surface area (Å²) in [6.07, 6.45) is 0. The Kier molecular flexibility index (Phi) is 12.9. The summed E-state index contributed by atoms with van der Waals surface area (Å²) in [6.45, 7) is 0. The maximum atomic E-state index is 12.4. The van der Waals surface area contributed by atoms with Crippen LogP contribution in [0.1, 0.15) is 26.3 Å². The molecule has 0 radical (unpaired) electrons. The molecule has 0 bridgehead atoms. The zero-order valence-corrected chi connectivity index (χ0v) is 31.8. The van der Waals surface area contributed by atoms with Crippen LogP contribution in [0.15, 0.2) is 112 Å². The number of hydrogen-bond donors (Lipinski definition) is 7. The first-order valence-electron chi connectivity index (χ1n) is 15.1. The normalized spacial score (nSPS) is 12.0. The van der Waals surface area contributed by atoms with Crippen LogP contribution in [0.4, 0.5) is 17.1 Å². The van der Waals surface area contributed by atoms with Gasteiger partial charge in [-0.3, -0.25) is 23.2 Å². The van der Waals surface area contributed by atoms with E-state index >= 15 is 0 Å². The number of phenols is 1. The van der Waals surface area contributed by atoms with Crippen molar-refractivity contribution in [3.63, 3.8) is 0 Å². The Morgan fingerprint density at radius 3 is 1.73 bits per heavy atom. The Balaban J connectivity index is 0.000000245. The first kappa shape index (κ1) is 42.6. The molecule has 5 aromatic rings. The fourth-order valence-electron chi connectivity index (χ4n) is 4.88. The predicted octanol–water partition coefficient (Wildman–Crippen LogP) is 4.21. The topological polar surface area (TPSA) is 302 Å². The average molecular weight is 856 g/mol. The van der Waals surface area contributed by atoms with E-state index in [9.17, 15) is 57.5 Å². The fourth-order valence-corrected chi connectivity index (χ4v) is 8.34. The van der Waals surface area contributed by atoms with Crippen molar-refractivity contribution < 1.29 is 62.0 Å². The number of nitrogens with two attached hydrogens (primary N) is 1. The lowest BCUT2D eigenvalue weighted by atomic mass is 10.1. The second-order valence-electron chi connectivity index (χ2n) is 11.4. The average Bonchev–Trinajstić information content (AvgIpc) is 3.07. The predicted molar refractivity (Wildman–Crippen MR) is 203 cm³/mol. The molecule has 5 rings (SSSR count). The molecule has 0 saturated carbocycles. The van der Waals surface area contributed by atoms with Gasteiger partial charge in [0.2, 0.25) is 0 Å². The second-order valence-corrected chi connectivity index (χ2v) is 18.2. The molecule has 5 aromatic carbocycles. The molecule has 0 atom stereocenters. The van der Waals surface area contributed by atoms with Gasteiger partial charge in [-0.05, 0) is 71.6 Å². The van der Waals surface area contributed by atoms with Gasteiger partial charge in [0.15, 0.2) is 9.84 Å². The van der Waals surface area contributed by atoms with Gasteiger partial charge in [0.25, 0.3) is 42.2 Å². The third-order valence-corrected chi connectivity index (χ3v) is 12.0. The number of nitrogens with one attached hydrogen (secondary N) is 2. The highest BCUT2D eigenvalue weighted by atomic mass is 35.5. The van der Waals surface area contributed by atoms with Crippen molar-refractivity contribution in [2.24, 2.45) is 0 Å². The molecule has 0 aliphatic heterocycles. The Hall–Kier alpha value is -5.13. The molecule has 2 amide bonds. The number of sulfone groups is 1. The van der Waals surface area contributed by atoms with E-state index in [4.69, 9.17) is 21.9 Å². The molecule has 0 unspecified atom stereocenters. The Bertz CT molecular complexity index is 2720. The zero-order chi connectivity index (χ0) is 40.9. The van der Waals surface area contributed by atoms with E-state index in [1.807, 2.05) is 0 Å². The molecular formula is C33H30ClN3O14S4. The minimum Gasteiger partial charge on any atom is -0.507 e. The van der Waals surface area contributed by atoms with E-state index in [1.165, 1.54) is 48.5 Å². The number of hydrogen-bond acceptors (Lipinski definition) is 12. The van der Waals surface area contributed by atoms with Crippen molar-refractivity contribution in [2.45, 2.75) is 20.4 Å². The number of aromatic hydroxyl groups is 1. The summed E-state index contributed by atoms with van der Waals surface area (Å²) in [7, 11) is -17.2. The maximum absolute atomic E-state index is 12.4. The first-order valence-corrected chi connectivity index (χ1v) is 21.8. The standard InChI is InChI=1S/C17H13NO8S2.C16H17ClN2O6S2/c19-15-9-13(28(24,25)26)7-11-6-12(27(21,22)23)8-14(16(11)15)18-17(20)10-4-2-1-3-5-10;17-7-8-26(21,22)10-11-1-3-12(4-2-11)16(20)19-13-5-6-15(14(18)9-13)27(23,24)25/h1-9,19H,(H,18,20)(H,21,22,23)(H,24,25,26);1-6,9H,7-8,10,18H2,(H,19,20)(H,23,24,25). The van der Waals surface area contributed by atoms with Gasteiger partial charge in [-0.2, -0.15) is 25.3 Å². The summed E-state index contributed by atoms with van der Waals surface area (Å²) >= 11 is 5.45. The van der Waals surface area contributed by atoms with Crippen LogP contribution in [0.25, 0.3) is 10.8 Å². The molecule has 55 heavy (non-hydrogen) atoms. The summed E-state index contributed by atoms with van der Waals surface area (Å²) in [4.78, 5) is 22.9. The molecule has 22 heteroatoms. The van der Waals surface area contributed by atoms with Gasteiger partial charge in [0.05, 0.1) is 32.7 Å². The number of carbonyl (C=O) groups excluding carboxylic acids is 2. The number of phenolic OH excluding ortho intramolecular Hbond substituents is 1. The molecule has 0 aromatic heterocycles. The van der Waals surface area contributed by atoms with Crippen molar-refractivity contribution in [3.05, 3.63) is 114 Å². The third kappa shape index (κ3) is 11.4. The van der Waals surface area contributed by atoms with Gasteiger partial charge >= 0.3 is 0 Å². The number of anilines is 3. The van der Waals surface area contributed by atoms with E-state index < -0.39 is 72.4 Å². The number of alkyl halides is 1. The largest absolute Gasteiger partial charge is 0.507 e. The van der Waals surface area contributed by atoms with Crippen LogP contribution in [-0.4, -0.2) is 75.9 Å². The summed E-state index contributed by atoms with van der Waals surface area (Å²) in [6, 6.07) is 20.9. The highest BCUT2D eigenvalue weighted by molar-refractivity contribution is 7.90. The quantitative estimate of drug-likeness (QED) is 0.0556. The van der Waals surface area contributed by atoms with Crippen LogP contribution < -0.4 is 16.4 Å². The molecule has 0 heterocycles. The van der Waals surface area contributed by atoms with Crippen LogP contribution in [0.5, 0.6) is 5.75 Å². The Morgan fingerprint density at radius 1 is 0.655 bits per heavy atom. The summed E-state index contributed by atoms with van der Waals surface area (Å²) in [5.74, 6) is -2.04. The van der Waals surface area contributed by atoms with Gasteiger partial charge in [-0.25, -0.2) is 8.42 Å². The lowest BCUT2D eigenvalue weighted by Crippen LogP contribution is -2.13. The Morgan fingerprint density at radius 2 is 1.20 bits per heavy atom. The number of rotatable bonds is 11. The SMILES string of the molecule is Nc1cc(NC(=O)c2ccc(CS(=O)(=O)CCCl)cc2)ccc1S(=O)(=O)O.O=C(Nc1cc(S(=O)(=O)O)cc2cc(S(=O)(=O)O)cc(O)c12)c1ccccc1. The number of halogens is 1. The number of benzene rings is 5.